The van der Waals surface area contributed by atoms with Crippen LogP contribution in [0.4, 0.5) is 20.6 Å². The first-order valence-corrected chi connectivity index (χ1v) is 11.7. The average molecular weight is 460 g/mol. The van der Waals surface area contributed by atoms with Crippen molar-refractivity contribution < 1.29 is 14.0 Å². The molecule has 0 aromatic heterocycles. The minimum Gasteiger partial charge on any atom is -0.324 e. The largest absolute Gasteiger partial charge is 0.324 e. The Balaban J connectivity index is 1.56. The number of carbonyl (C=O) groups excluding carboxylic acids is 2. The molecule has 0 saturated carbocycles. The normalized spacial score (nSPS) is 14.7. The molecule has 1 saturated heterocycles. The monoisotopic (exact) mass is 459 g/mol. The molecule has 0 radical (unpaired) electrons. The number of nitrogens with zero attached hydrogens (tertiary/aromatic N) is 2. The molecular weight excluding hydrogens is 429 g/mol. The molecule has 176 valence electrons. The van der Waals surface area contributed by atoms with Crippen molar-refractivity contribution in [3.63, 3.8) is 0 Å². The molecule has 3 aromatic carbocycles. The number of hydrogen-bond acceptors (Lipinski definition) is 2. The van der Waals surface area contributed by atoms with Crippen LogP contribution in [0.25, 0.3) is 0 Å². The number of hydrogen-bond donors (Lipinski definition) is 1. The fourth-order valence-electron chi connectivity index (χ4n) is 4.43. The van der Waals surface area contributed by atoms with Crippen molar-refractivity contribution in [2.24, 2.45) is 0 Å². The maximum atomic E-state index is 13.4. The summed E-state index contributed by atoms with van der Waals surface area (Å²) in [6.45, 7) is 5.57. The SMILES string of the molecule is CCC(C(=O)Nc1cc(C)ccc1N1CCCN(Cc2ccc(F)cc2)C1=O)c1ccccc1. The molecular formula is C28H30FN3O2. The van der Waals surface area contributed by atoms with Gasteiger partial charge in [0.15, 0.2) is 0 Å². The van der Waals surface area contributed by atoms with Crippen LogP contribution in [0.1, 0.15) is 42.4 Å². The van der Waals surface area contributed by atoms with Crippen molar-refractivity contribution in [2.45, 2.75) is 39.2 Å². The number of carbonyl (C=O) groups is 2. The van der Waals surface area contributed by atoms with Gasteiger partial charge >= 0.3 is 6.03 Å². The minimum atomic E-state index is -0.295. The lowest BCUT2D eigenvalue weighted by atomic mass is 9.95. The quantitative estimate of drug-likeness (QED) is 0.464. The van der Waals surface area contributed by atoms with Crippen molar-refractivity contribution in [1.82, 2.24) is 4.90 Å². The third-order valence-corrected chi connectivity index (χ3v) is 6.23. The van der Waals surface area contributed by atoms with E-state index in [0.717, 1.165) is 23.1 Å². The van der Waals surface area contributed by atoms with Crippen LogP contribution in [0, 0.1) is 12.7 Å². The Kier molecular flexibility index (Phi) is 7.26. The molecule has 1 aliphatic rings. The topological polar surface area (TPSA) is 52.7 Å². The highest BCUT2D eigenvalue weighted by Gasteiger charge is 2.29. The molecule has 1 N–H and O–H groups in total. The molecule has 1 fully saturated rings. The van der Waals surface area contributed by atoms with Crippen LogP contribution in [0.15, 0.2) is 72.8 Å². The second-order valence-electron chi connectivity index (χ2n) is 8.72. The van der Waals surface area contributed by atoms with Gasteiger partial charge in [0.1, 0.15) is 5.82 Å². The van der Waals surface area contributed by atoms with Crippen LogP contribution in [-0.2, 0) is 11.3 Å². The Hall–Kier alpha value is -3.67. The number of amides is 3. The number of benzene rings is 3. The number of nitrogens with one attached hydrogen (secondary N) is 1. The fraction of sp³-hybridized carbons (Fsp3) is 0.286. The summed E-state index contributed by atoms with van der Waals surface area (Å²) in [7, 11) is 0. The number of rotatable bonds is 7. The summed E-state index contributed by atoms with van der Waals surface area (Å²) in [5, 5.41) is 3.10. The molecule has 5 nitrogen and oxygen atoms in total. The molecule has 1 atom stereocenters. The van der Waals surface area contributed by atoms with Gasteiger partial charge in [-0.25, -0.2) is 9.18 Å². The summed E-state index contributed by atoms with van der Waals surface area (Å²) >= 11 is 0. The smallest absolute Gasteiger partial charge is 0.324 e. The first kappa shape index (κ1) is 23.5. The lowest BCUT2D eigenvalue weighted by molar-refractivity contribution is -0.117. The van der Waals surface area contributed by atoms with Crippen LogP contribution in [0.3, 0.4) is 0 Å². The van der Waals surface area contributed by atoms with Crippen molar-refractivity contribution in [3.05, 3.63) is 95.3 Å². The van der Waals surface area contributed by atoms with Crippen LogP contribution >= 0.6 is 0 Å². The molecule has 1 heterocycles. The maximum absolute atomic E-state index is 13.4. The zero-order valence-corrected chi connectivity index (χ0v) is 19.6. The zero-order valence-electron chi connectivity index (χ0n) is 19.6. The van der Waals surface area contributed by atoms with Crippen LogP contribution in [0.5, 0.6) is 0 Å². The lowest BCUT2D eigenvalue weighted by Crippen LogP contribution is -2.49. The summed E-state index contributed by atoms with van der Waals surface area (Å²) in [5.41, 5.74) is 4.17. The predicted molar refractivity (Wildman–Crippen MR) is 133 cm³/mol. The Bertz CT molecular complexity index is 1150. The first-order chi connectivity index (χ1) is 16.5. The van der Waals surface area contributed by atoms with Crippen LogP contribution in [0.2, 0.25) is 0 Å². The Labute approximate surface area is 200 Å². The molecule has 1 unspecified atom stereocenters. The lowest BCUT2D eigenvalue weighted by Gasteiger charge is -2.36. The van der Waals surface area contributed by atoms with E-state index in [-0.39, 0.29) is 23.7 Å². The van der Waals surface area contributed by atoms with Gasteiger partial charge in [0.2, 0.25) is 5.91 Å². The van der Waals surface area contributed by atoms with Gasteiger partial charge in [-0.3, -0.25) is 9.69 Å². The summed E-state index contributed by atoms with van der Waals surface area (Å²) < 4.78 is 13.3. The molecule has 1 aliphatic heterocycles. The molecule has 4 rings (SSSR count). The highest BCUT2D eigenvalue weighted by atomic mass is 19.1. The maximum Gasteiger partial charge on any atom is 0.324 e. The van der Waals surface area contributed by atoms with Gasteiger partial charge in [0.05, 0.1) is 17.3 Å². The van der Waals surface area contributed by atoms with E-state index in [2.05, 4.69) is 5.32 Å². The van der Waals surface area contributed by atoms with E-state index in [1.807, 2.05) is 62.4 Å². The van der Waals surface area contributed by atoms with E-state index in [9.17, 15) is 14.0 Å². The molecule has 0 spiro atoms. The number of halogens is 1. The molecule has 3 aromatic rings. The van der Waals surface area contributed by atoms with Gasteiger partial charge in [0.25, 0.3) is 0 Å². The molecule has 0 bridgehead atoms. The average Bonchev–Trinajstić information content (AvgIpc) is 2.83. The van der Waals surface area contributed by atoms with Gasteiger partial charge < -0.3 is 10.2 Å². The number of aryl methyl sites for hydroxylation is 1. The highest BCUT2D eigenvalue weighted by molar-refractivity contribution is 6.02. The van der Waals surface area contributed by atoms with Crippen molar-refractivity contribution in [2.75, 3.05) is 23.3 Å². The van der Waals surface area contributed by atoms with Crippen LogP contribution < -0.4 is 10.2 Å². The van der Waals surface area contributed by atoms with Gasteiger partial charge in [0, 0.05) is 19.6 Å². The highest BCUT2D eigenvalue weighted by Crippen LogP contribution is 2.32. The number of anilines is 2. The number of urea groups is 1. The van der Waals surface area contributed by atoms with Gasteiger partial charge in [-0.05, 0) is 60.7 Å². The second-order valence-corrected chi connectivity index (χ2v) is 8.72. The summed E-state index contributed by atoms with van der Waals surface area (Å²) in [6, 6.07) is 21.6. The van der Waals surface area contributed by atoms with Crippen molar-refractivity contribution in [1.29, 1.82) is 0 Å². The van der Waals surface area contributed by atoms with Gasteiger partial charge in [-0.15, -0.1) is 0 Å². The van der Waals surface area contributed by atoms with Gasteiger partial charge in [-0.2, -0.15) is 0 Å². The van der Waals surface area contributed by atoms with E-state index < -0.39 is 0 Å². The minimum absolute atomic E-state index is 0.0897. The third kappa shape index (κ3) is 5.28. The summed E-state index contributed by atoms with van der Waals surface area (Å²) in [5.74, 6) is -0.661. The van der Waals surface area contributed by atoms with Crippen molar-refractivity contribution >= 4 is 23.3 Å². The summed E-state index contributed by atoms with van der Waals surface area (Å²) in [4.78, 5) is 30.1. The van der Waals surface area contributed by atoms with Crippen molar-refractivity contribution in [3.8, 4) is 0 Å². The van der Waals surface area contributed by atoms with E-state index in [4.69, 9.17) is 0 Å². The zero-order chi connectivity index (χ0) is 24.1. The van der Waals surface area contributed by atoms with Crippen LogP contribution in [-0.4, -0.2) is 29.9 Å². The fourth-order valence-corrected chi connectivity index (χ4v) is 4.43. The Morgan fingerprint density at radius 2 is 1.76 bits per heavy atom. The van der Waals surface area contributed by atoms with E-state index >= 15 is 0 Å². The first-order valence-electron chi connectivity index (χ1n) is 11.7. The molecule has 0 aliphatic carbocycles. The predicted octanol–water partition coefficient (Wildman–Crippen LogP) is 6.10. The summed E-state index contributed by atoms with van der Waals surface area (Å²) in [6.07, 6.45) is 1.47. The van der Waals surface area contributed by atoms with Gasteiger partial charge in [-0.1, -0.05) is 55.5 Å². The van der Waals surface area contributed by atoms with E-state index in [0.29, 0.717) is 37.4 Å². The molecule has 6 heteroatoms. The third-order valence-electron chi connectivity index (χ3n) is 6.23. The molecule has 34 heavy (non-hydrogen) atoms. The Morgan fingerprint density at radius 3 is 2.47 bits per heavy atom. The van der Waals surface area contributed by atoms with E-state index in [1.54, 1.807) is 21.9 Å². The second kappa shape index (κ2) is 10.5. The van der Waals surface area contributed by atoms with E-state index in [1.165, 1.54) is 12.1 Å². The standard InChI is InChI=1S/C28H30FN3O2/c1-3-24(22-8-5-4-6-9-22)27(33)30-25-18-20(2)10-15-26(25)32-17-7-16-31(28(32)34)19-21-11-13-23(29)14-12-21/h4-6,8-15,18,24H,3,7,16-17,19H2,1-2H3,(H,30,33). The Morgan fingerprint density at radius 1 is 1.03 bits per heavy atom. The molecule has 3 amide bonds.